The van der Waals surface area contributed by atoms with Gasteiger partial charge in [-0.2, -0.15) is 0 Å². The lowest BCUT2D eigenvalue weighted by molar-refractivity contribution is 0.0994. The van der Waals surface area contributed by atoms with Crippen LogP contribution in [0.25, 0.3) is 0 Å². The van der Waals surface area contributed by atoms with E-state index in [9.17, 15) is 4.79 Å². The number of ether oxygens (including phenoxy) is 1. The molecule has 118 valence electrons. The van der Waals surface area contributed by atoms with Gasteiger partial charge in [0, 0.05) is 19.2 Å². The number of rotatable bonds is 8. The molecular weight excluding hydrogens is 298 g/mol. The molecule has 0 fully saturated rings. The zero-order valence-corrected chi connectivity index (χ0v) is 14.0. The smallest absolute Gasteiger partial charge is 0.191 e. The Hall–Kier alpha value is -1.66. The van der Waals surface area contributed by atoms with Crippen molar-refractivity contribution in [3.63, 3.8) is 0 Å². The summed E-state index contributed by atoms with van der Waals surface area (Å²) in [4.78, 5) is 12.5. The molecular formula is C16H21N3O2S. The molecule has 5 nitrogen and oxygen atoms in total. The first-order chi connectivity index (χ1) is 10.7. The van der Waals surface area contributed by atoms with Gasteiger partial charge in [0.15, 0.2) is 10.9 Å². The number of thioether (sulfide) groups is 1. The maximum Gasteiger partial charge on any atom is 0.191 e. The molecule has 0 N–H and O–H groups in total. The molecule has 0 aliphatic heterocycles. The molecule has 1 aromatic heterocycles. The maximum absolute atomic E-state index is 12.5. The highest BCUT2D eigenvalue weighted by atomic mass is 32.2. The molecule has 0 aliphatic rings. The van der Waals surface area contributed by atoms with Gasteiger partial charge in [0.2, 0.25) is 0 Å². The van der Waals surface area contributed by atoms with Crippen molar-refractivity contribution in [2.45, 2.75) is 37.2 Å². The van der Waals surface area contributed by atoms with Gasteiger partial charge < -0.3 is 9.30 Å². The van der Waals surface area contributed by atoms with E-state index in [1.165, 1.54) is 17.3 Å². The lowest BCUT2D eigenvalue weighted by atomic mass is 10.1. The maximum atomic E-state index is 12.5. The second-order valence-electron chi connectivity index (χ2n) is 4.97. The van der Waals surface area contributed by atoms with Crippen molar-refractivity contribution in [1.82, 2.24) is 14.8 Å². The second kappa shape index (κ2) is 8.10. The Bertz CT molecular complexity index is 610. The molecule has 0 bridgehead atoms. The molecule has 0 spiro atoms. The van der Waals surface area contributed by atoms with E-state index < -0.39 is 0 Å². The molecule has 6 heteroatoms. The normalized spacial score (nSPS) is 12.3. The van der Waals surface area contributed by atoms with Crippen molar-refractivity contribution in [3.05, 3.63) is 41.7 Å². The number of Topliss-reactive ketones (excluding diaryl/α,β-unsaturated/α-hetero) is 1. The molecule has 2 rings (SSSR count). The highest BCUT2D eigenvalue weighted by molar-refractivity contribution is 8.00. The number of nitrogens with zero attached hydrogens (tertiary/aromatic N) is 3. The molecule has 1 atom stereocenters. The Balaban J connectivity index is 2.03. The predicted octanol–water partition coefficient (Wildman–Crippen LogP) is 2.85. The monoisotopic (exact) mass is 319 g/mol. The average Bonchev–Trinajstić information content (AvgIpc) is 2.99. The fourth-order valence-electron chi connectivity index (χ4n) is 2.03. The number of methoxy groups -OCH3 is 1. The molecule has 1 heterocycles. The van der Waals surface area contributed by atoms with Gasteiger partial charge in [-0.3, -0.25) is 4.79 Å². The first-order valence-electron chi connectivity index (χ1n) is 7.32. The minimum atomic E-state index is -0.210. The summed E-state index contributed by atoms with van der Waals surface area (Å²) < 4.78 is 6.96. The van der Waals surface area contributed by atoms with Gasteiger partial charge in [-0.1, -0.05) is 43.0 Å². The lowest BCUT2D eigenvalue weighted by Gasteiger charge is -2.11. The SMILES string of the molecule is CCc1ccc(C(=O)C(C)Sc2nncn2CCOC)cc1. The van der Waals surface area contributed by atoms with Gasteiger partial charge in [0.1, 0.15) is 6.33 Å². The van der Waals surface area contributed by atoms with E-state index in [2.05, 4.69) is 17.1 Å². The van der Waals surface area contributed by atoms with E-state index in [0.717, 1.165) is 17.1 Å². The predicted molar refractivity (Wildman–Crippen MR) is 87.4 cm³/mol. The average molecular weight is 319 g/mol. The molecule has 0 radical (unpaired) electrons. The van der Waals surface area contributed by atoms with Crippen LogP contribution in [0.2, 0.25) is 0 Å². The van der Waals surface area contributed by atoms with Crippen molar-refractivity contribution < 1.29 is 9.53 Å². The summed E-state index contributed by atoms with van der Waals surface area (Å²) in [5, 5.41) is 8.52. The summed E-state index contributed by atoms with van der Waals surface area (Å²) in [5.74, 6) is 0.106. The molecule has 0 saturated carbocycles. The Labute approximate surface area is 135 Å². The molecule has 2 aromatic rings. The lowest BCUT2D eigenvalue weighted by Crippen LogP contribution is -2.15. The third-order valence-corrected chi connectivity index (χ3v) is 4.51. The number of carbonyl (C=O) groups is 1. The molecule has 1 unspecified atom stereocenters. The Morgan fingerprint density at radius 3 is 2.73 bits per heavy atom. The van der Waals surface area contributed by atoms with Gasteiger partial charge in [0.25, 0.3) is 0 Å². The van der Waals surface area contributed by atoms with Crippen LogP contribution in [0.15, 0.2) is 35.7 Å². The third kappa shape index (κ3) is 4.18. The highest BCUT2D eigenvalue weighted by Gasteiger charge is 2.19. The summed E-state index contributed by atoms with van der Waals surface area (Å²) in [6, 6.07) is 7.80. The van der Waals surface area contributed by atoms with Gasteiger partial charge in [0.05, 0.1) is 11.9 Å². The van der Waals surface area contributed by atoms with Crippen LogP contribution in [0.4, 0.5) is 0 Å². The number of ketones is 1. The number of benzene rings is 1. The summed E-state index contributed by atoms with van der Waals surface area (Å²) in [5.41, 5.74) is 1.97. The minimum Gasteiger partial charge on any atom is -0.383 e. The number of aromatic nitrogens is 3. The van der Waals surface area contributed by atoms with Crippen LogP contribution in [0.5, 0.6) is 0 Å². The van der Waals surface area contributed by atoms with Crippen LogP contribution in [-0.2, 0) is 17.7 Å². The summed E-state index contributed by atoms with van der Waals surface area (Å²) in [6.45, 7) is 5.27. The fourth-order valence-corrected chi connectivity index (χ4v) is 2.96. The standard InChI is InChI=1S/C16H21N3O2S/c1-4-13-5-7-14(8-6-13)15(20)12(2)22-16-18-17-11-19(16)9-10-21-3/h5-8,11-12H,4,9-10H2,1-3H3. The third-order valence-electron chi connectivity index (χ3n) is 3.41. The fraction of sp³-hybridized carbons (Fsp3) is 0.438. The van der Waals surface area contributed by atoms with Crippen LogP contribution in [-0.4, -0.2) is 39.5 Å². The van der Waals surface area contributed by atoms with Crippen LogP contribution >= 0.6 is 11.8 Å². The Kier molecular flexibility index (Phi) is 6.15. The van der Waals surface area contributed by atoms with Crippen molar-refractivity contribution in [2.24, 2.45) is 0 Å². The van der Waals surface area contributed by atoms with Crippen molar-refractivity contribution >= 4 is 17.5 Å². The number of hydrogen-bond acceptors (Lipinski definition) is 5. The summed E-state index contributed by atoms with van der Waals surface area (Å²) >= 11 is 1.42. The Morgan fingerprint density at radius 1 is 1.36 bits per heavy atom. The van der Waals surface area contributed by atoms with E-state index in [0.29, 0.717) is 13.2 Å². The highest BCUT2D eigenvalue weighted by Crippen LogP contribution is 2.24. The van der Waals surface area contributed by atoms with Crippen LogP contribution in [0, 0.1) is 0 Å². The largest absolute Gasteiger partial charge is 0.383 e. The topological polar surface area (TPSA) is 57.0 Å². The van der Waals surface area contributed by atoms with Gasteiger partial charge in [-0.25, -0.2) is 0 Å². The van der Waals surface area contributed by atoms with E-state index in [1.807, 2.05) is 35.8 Å². The van der Waals surface area contributed by atoms with E-state index in [4.69, 9.17) is 4.74 Å². The second-order valence-corrected chi connectivity index (χ2v) is 6.28. The summed E-state index contributed by atoms with van der Waals surface area (Å²) in [7, 11) is 1.66. The molecule has 0 aliphatic carbocycles. The number of aryl methyl sites for hydroxylation is 1. The van der Waals surface area contributed by atoms with Crippen LogP contribution in [0.3, 0.4) is 0 Å². The zero-order valence-electron chi connectivity index (χ0n) is 13.2. The molecule has 1 aromatic carbocycles. The number of hydrogen-bond donors (Lipinski definition) is 0. The number of carbonyl (C=O) groups excluding carboxylic acids is 1. The zero-order chi connectivity index (χ0) is 15.9. The van der Waals surface area contributed by atoms with Gasteiger partial charge >= 0.3 is 0 Å². The van der Waals surface area contributed by atoms with Crippen molar-refractivity contribution in [2.75, 3.05) is 13.7 Å². The quantitative estimate of drug-likeness (QED) is 0.553. The van der Waals surface area contributed by atoms with E-state index in [-0.39, 0.29) is 11.0 Å². The first kappa shape index (κ1) is 16.7. The van der Waals surface area contributed by atoms with Crippen LogP contribution in [0.1, 0.15) is 29.8 Å². The molecule has 0 amide bonds. The Morgan fingerprint density at radius 2 is 2.09 bits per heavy atom. The molecule has 22 heavy (non-hydrogen) atoms. The first-order valence-corrected chi connectivity index (χ1v) is 8.20. The van der Waals surface area contributed by atoms with E-state index in [1.54, 1.807) is 13.4 Å². The van der Waals surface area contributed by atoms with Gasteiger partial charge in [-0.05, 0) is 18.9 Å². The van der Waals surface area contributed by atoms with E-state index >= 15 is 0 Å². The minimum absolute atomic E-state index is 0.106. The van der Waals surface area contributed by atoms with Gasteiger partial charge in [-0.15, -0.1) is 10.2 Å². The van der Waals surface area contributed by atoms with Crippen molar-refractivity contribution in [3.8, 4) is 0 Å². The summed E-state index contributed by atoms with van der Waals surface area (Å²) in [6.07, 6.45) is 2.63. The molecule has 0 saturated heterocycles. The van der Waals surface area contributed by atoms with Crippen molar-refractivity contribution in [1.29, 1.82) is 0 Å². The van der Waals surface area contributed by atoms with Crippen LogP contribution < -0.4 is 0 Å².